The maximum Gasteiger partial charge on any atom is 0.0897 e. The highest BCUT2D eigenvalue weighted by Crippen LogP contribution is 2.25. The van der Waals surface area contributed by atoms with Gasteiger partial charge in [-0.1, -0.05) is 19.8 Å². The Labute approximate surface area is 123 Å². The second kappa shape index (κ2) is 8.32. The van der Waals surface area contributed by atoms with Crippen molar-refractivity contribution in [1.29, 1.82) is 0 Å². The predicted octanol–water partition coefficient (Wildman–Crippen LogP) is 2.10. The minimum atomic E-state index is -0.412. The summed E-state index contributed by atoms with van der Waals surface area (Å²) in [6, 6.07) is 0.393. The second-order valence-corrected chi connectivity index (χ2v) is 6.60. The van der Waals surface area contributed by atoms with Crippen LogP contribution < -0.4 is 5.32 Å². The van der Waals surface area contributed by atoms with E-state index in [1.165, 1.54) is 19.3 Å². The molecule has 2 aliphatic rings. The van der Waals surface area contributed by atoms with Gasteiger partial charge in [0, 0.05) is 19.7 Å². The SMILES string of the molecule is COC1CCCC1NCC(O)COC1CCCC(C)C1. The van der Waals surface area contributed by atoms with E-state index in [2.05, 4.69) is 12.2 Å². The van der Waals surface area contributed by atoms with Gasteiger partial charge < -0.3 is 19.9 Å². The monoisotopic (exact) mass is 285 g/mol. The number of rotatable bonds is 7. The van der Waals surface area contributed by atoms with Crippen LogP contribution in [-0.2, 0) is 9.47 Å². The zero-order chi connectivity index (χ0) is 14.4. The van der Waals surface area contributed by atoms with Crippen LogP contribution in [0.5, 0.6) is 0 Å². The van der Waals surface area contributed by atoms with Gasteiger partial charge in [0.25, 0.3) is 0 Å². The lowest BCUT2D eigenvalue weighted by atomic mass is 9.89. The Morgan fingerprint density at radius 2 is 2.00 bits per heavy atom. The van der Waals surface area contributed by atoms with Gasteiger partial charge in [-0.25, -0.2) is 0 Å². The van der Waals surface area contributed by atoms with Crippen molar-refractivity contribution in [2.24, 2.45) is 5.92 Å². The van der Waals surface area contributed by atoms with Crippen LogP contribution in [0.4, 0.5) is 0 Å². The second-order valence-electron chi connectivity index (χ2n) is 6.60. The van der Waals surface area contributed by atoms with Crippen molar-refractivity contribution in [3.05, 3.63) is 0 Å². The Bertz CT molecular complexity index is 274. The molecule has 0 aromatic heterocycles. The Morgan fingerprint density at radius 3 is 2.75 bits per heavy atom. The number of ether oxygens (including phenoxy) is 2. The summed E-state index contributed by atoms with van der Waals surface area (Å²) in [6.07, 6.45) is 8.62. The summed E-state index contributed by atoms with van der Waals surface area (Å²) < 4.78 is 11.3. The third-order valence-corrected chi connectivity index (χ3v) is 4.78. The van der Waals surface area contributed by atoms with Crippen molar-refractivity contribution >= 4 is 0 Å². The molecule has 0 aromatic rings. The molecule has 0 saturated heterocycles. The van der Waals surface area contributed by atoms with Gasteiger partial charge in [0.05, 0.1) is 24.9 Å². The Hall–Kier alpha value is -0.160. The van der Waals surface area contributed by atoms with Crippen LogP contribution >= 0.6 is 0 Å². The van der Waals surface area contributed by atoms with Crippen LogP contribution in [0, 0.1) is 5.92 Å². The fraction of sp³-hybridized carbons (Fsp3) is 1.00. The summed E-state index contributed by atoms with van der Waals surface area (Å²) in [5, 5.41) is 13.5. The first-order chi connectivity index (χ1) is 9.69. The third-order valence-electron chi connectivity index (χ3n) is 4.78. The van der Waals surface area contributed by atoms with Crippen LogP contribution in [0.3, 0.4) is 0 Å². The number of methoxy groups -OCH3 is 1. The first-order valence-electron chi connectivity index (χ1n) is 8.25. The van der Waals surface area contributed by atoms with Crippen LogP contribution in [0.15, 0.2) is 0 Å². The Morgan fingerprint density at radius 1 is 1.20 bits per heavy atom. The van der Waals surface area contributed by atoms with Gasteiger partial charge in [-0.3, -0.25) is 0 Å². The minimum Gasteiger partial charge on any atom is -0.389 e. The number of aliphatic hydroxyl groups is 1. The first kappa shape index (κ1) is 16.2. The molecule has 4 nitrogen and oxygen atoms in total. The molecule has 2 saturated carbocycles. The van der Waals surface area contributed by atoms with Crippen molar-refractivity contribution in [2.45, 2.75) is 76.2 Å². The Kier molecular flexibility index (Phi) is 6.75. The molecule has 0 bridgehead atoms. The zero-order valence-electron chi connectivity index (χ0n) is 13.0. The van der Waals surface area contributed by atoms with E-state index >= 15 is 0 Å². The molecule has 0 heterocycles. The molecular formula is C16H31NO3. The van der Waals surface area contributed by atoms with Crippen LogP contribution in [0.1, 0.15) is 51.9 Å². The van der Waals surface area contributed by atoms with Gasteiger partial charge in [-0.2, -0.15) is 0 Å². The predicted molar refractivity (Wildman–Crippen MR) is 79.8 cm³/mol. The third kappa shape index (κ3) is 4.99. The number of hydrogen-bond acceptors (Lipinski definition) is 4. The van der Waals surface area contributed by atoms with Crippen molar-refractivity contribution in [2.75, 3.05) is 20.3 Å². The quantitative estimate of drug-likeness (QED) is 0.752. The van der Waals surface area contributed by atoms with Crippen LogP contribution in [0.25, 0.3) is 0 Å². The van der Waals surface area contributed by atoms with E-state index in [0.717, 1.165) is 31.6 Å². The summed E-state index contributed by atoms with van der Waals surface area (Å²) in [5.41, 5.74) is 0. The Balaban J connectivity index is 1.59. The van der Waals surface area contributed by atoms with E-state index in [4.69, 9.17) is 9.47 Å². The fourth-order valence-corrected chi connectivity index (χ4v) is 3.56. The number of aliphatic hydroxyl groups excluding tert-OH is 1. The standard InChI is InChI=1S/C16H31NO3/c1-12-5-3-6-14(9-12)20-11-13(18)10-17-15-7-4-8-16(15)19-2/h12-18H,3-11H2,1-2H3. The molecule has 0 radical (unpaired) electrons. The molecule has 0 aliphatic heterocycles. The molecule has 4 heteroatoms. The molecule has 2 N–H and O–H groups in total. The van der Waals surface area contributed by atoms with Crippen molar-refractivity contribution in [3.63, 3.8) is 0 Å². The molecular weight excluding hydrogens is 254 g/mol. The maximum absolute atomic E-state index is 10.0. The smallest absolute Gasteiger partial charge is 0.0897 e. The summed E-state index contributed by atoms with van der Waals surface area (Å²) in [4.78, 5) is 0. The maximum atomic E-state index is 10.0. The molecule has 5 unspecified atom stereocenters. The molecule has 118 valence electrons. The molecule has 5 atom stereocenters. The van der Waals surface area contributed by atoms with Crippen molar-refractivity contribution < 1.29 is 14.6 Å². The van der Waals surface area contributed by atoms with Gasteiger partial charge in [0.1, 0.15) is 0 Å². The van der Waals surface area contributed by atoms with Gasteiger partial charge in [0.15, 0.2) is 0 Å². The molecule has 0 amide bonds. The van der Waals surface area contributed by atoms with E-state index in [1.54, 1.807) is 7.11 Å². The van der Waals surface area contributed by atoms with Crippen molar-refractivity contribution in [1.82, 2.24) is 5.32 Å². The van der Waals surface area contributed by atoms with Gasteiger partial charge in [-0.05, 0) is 38.0 Å². The van der Waals surface area contributed by atoms with E-state index in [9.17, 15) is 5.11 Å². The highest BCUT2D eigenvalue weighted by atomic mass is 16.5. The topological polar surface area (TPSA) is 50.7 Å². The molecule has 0 spiro atoms. The average Bonchev–Trinajstić information content (AvgIpc) is 2.90. The normalized spacial score (nSPS) is 36.1. The number of hydrogen-bond donors (Lipinski definition) is 2. The first-order valence-corrected chi connectivity index (χ1v) is 8.25. The summed E-state index contributed by atoms with van der Waals surface area (Å²) >= 11 is 0. The number of nitrogens with one attached hydrogen (secondary N) is 1. The highest BCUT2D eigenvalue weighted by Gasteiger charge is 2.27. The molecule has 2 fully saturated rings. The summed E-state index contributed by atoms with van der Waals surface area (Å²) in [6.45, 7) is 3.35. The minimum absolute atomic E-state index is 0.308. The van der Waals surface area contributed by atoms with E-state index in [-0.39, 0.29) is 0 Å². The van der Waals surface area contributed by atoms with Crippen LogP contribution in [-0.4, -0.2) is 49.7 Å². The molecule has 20 heavy (non-hydrogen) atoms. The van der Waals surface area contributed by atoms with Crippen molar-refractivity contribution in [3.8, 4) is 0 Å². The molecule has 2 rings (SSSR count). The average molecular weight is 285 g/mol. The van der Waals surface area contributed by atoms with Gasteiger partial charge in [-0.15, -0.1) is 0 Å². The zero-order valence-corrected chi connectivity index (χ0v) is 13.0. The van der Waals surface area contributed by atoms with Gasteiger partial charge in [0.2, 0.25) is 0 Å². The van der Waals surface area contributed by atoms with E-state index in [1.807, 2.05) is 0 Å². The summed E-state index contributed by atoms with van der Waals surface area (Å²) in [5.74, 6) is 0.768. The molecule has 2 aliphatic carbocycles. The van der Waals surface area contributed by atoms with E-state index < -0.39 is 6.10 Å². The summed E-state index contributed by atoms with van der Waals surface area (Å²) in [7, 11) is 1.77. The lowest BCUT2D eigenvalue weighted by Gasteiger charge is -2.28. The fourth-order valence-electron chi connectivity index (χ4n) is 3.56. The molecule has 0 aromatic carbocycles. The largest absolute Gasteiger partial charge is 0.389 e. The lowest BCUT2D eigenvalue weighted by molar-refractivity contribution is -0.0323. The van der Waals surface area contributed by atoms with E-state index in [0.29, 0.717) is 31.4 Å². The van der Waals surface area contributed by atoms with Gasteiger partial charge >= 0.3 is 0 Å². The highest BCUT2D eigenvalue weighted by molar-refractivity contribution is 4.84. The van der Waals surface area contributed by atoms with Crippen LogP contribution in [0.2, 0.25) is 0 Å². The lowest BCUT2D eigenvalue weighted by Crippen LogP contribution is -2.42.